The Morgan fingerprint density at radius 3 is 2.83 bits per heavy atom. The Kier molecular flexibility index (Phi) is 2.01. The van der Waals surface area contributed by atoms with Crippen LogP contribution in [0.1, 0.15) is 11.1 Å². The smallest absolute Gasteiger partial charge is 0.0527 e. The van der Waals surface area contributed by atoms with E-state index in [1.54, 1.807) is 0 Å². The Balaban J connectivity index is 2.15. The van der Waals surface area contributed by atoms with Crippen LogP contribution in [0.3, 0.4) is 0 Å². The van der Waals surface area contributed by atoms with Crippen molar-refractivity contribution in [2.75, 3.05) is 0 Å². The van der Waals surface area contributed by atoms with Crippen LogP contribution in [0.2, 0.25) is 0 Å². The number of fused-ring (bicyclic) bond motifs is 5. The molecule has 0 spiro atoms. The molecule has 0 unspecified atom stereocenters. The molecule has 1 aromatic heterocycles. The molecule has 1 nitrogen and oxygen atoms in total. The fraction of sp³-hybridized carbons (Fsp3) is 0.125. The molecular formula is C16H12BrN. The summed E-state index contributed by atoms with van der Waals surface area (Å²) < 4.78 is 3.47. The Morgan fingerprint density at radius 1 is 1.11 bits per heavy atom. The van der Waals surface area contributed by atoms with Crippen LogP contribution in [0, 0.1) is 0 Å². The van der Waals surface area contributed by atoms with E-state index in [0.717, 1.165) is 10.9 Å². The van der Waals surface area contributed by atoms with Crippen molar-refractivity contribution in [1.82, 2.24) is 4.57 Å². The van der Waals surface area contributed by atoms with Crippen LogP contribution >= 0.6 is 15.9 Å². The van der Waals surface area contributed by atoms with E-state index in [-0.39, 0.29) is 0 Å². The van der Waals surface area contributed by atoms with Gasteiger partial charge in [-0.3, -0.25) is 0 Å². The maximum absolute atomic E-state index is 3.58. The highest BCUT2D eigenvalue weighted by Gasteiger charge is 2.24. The number of aromatic nitrogens is 1. The summed E-state index contributed by atoms with van der Waals surface area (Å²) in [6.45, 7) is 0. The highest BCUT2D eigenvalue weighted by atomic mass is 79.9. The summed E-state index contributed by atoms with van der Waals surface area (Å²) in [4.78, 5) is 0. The molecule has 1 aliphatic rings. The van der Waals surface area contributed by atoms with Crippen molar-refractivity contribution in [3.05, 3.63) is 58.1 Å². The normalized spacial score (nSPS) is 12.8. The first-order valence-electron chi connectivity index (χ1n) is 6.11. The van der Waals surface area contributed by atoms with Gasteiger partial charge < -0.3 is 4.57 Å². The zero-order chi connectivity index (χ0) is 12.3. The van der Waals surface area contributed by atoms with Crippen molar-refractivity contribution in [3.8, 4) is 11.3 Å². The Morgan fingerprint density at radius 2 is 1.94 bits per heavy atom. The van der Waals surface area contributed by atoms with Gasteiger partial charge in [0.25, 0.3) is 0 Å². The summed E-state index contributed by atoms with van der Waals surface area (Å²) in [5.41, 5.74) is 7.01. The third kappa shape index (κ3) is 1.21. The quantitative estimate of drug-likeness (QED) is 0.450. The zero-order valence-corrected chi connectivity index (χ0v) is 11.7. The molecule has 88 valence electrons. The molecule has 1 heterocycles. The van der Waals surface area contributed by atoms with Crippen LogP contribution in [0.4, 0.5) is 0 Å². The molecule has 0 saturated carbocycles. The van der Waals surface area contributed by atoms with Gasteiger partial charge in [-0.1, -0.05) is 40.2 Å². The lowest BCUT2D eigenvalue weighted by Crippen LogP contribution is -1.90. The molecule has 0 N–H and O–H groups in total. The molecule has 2 aromatic carbocycles. The molecule has 0 fully saturated rings. The fourth-order valence-electron chi connectivity index (χ4n) is 3.11. The van der Waals surface area contributed by atoms with E-state index in [9.17, 15) is 0 Å². The Labute approximate surface area is 114 Å². The summed E-state index contributed by atoms with van der Waals surface area (Å²) >= 11 is 3.58. The van der Waals surface area contributed by atoms with Crippen LogP contribution in [0.25, 0.3) is 22.2 Å². The lowest BCUT2D eigenvalue weighted by molar-refractivity contribution is 0.978. The minimum atomic E-state index is 1.05. The van der Waals surface area contributed by atoms with Gasteiger partial charge in [-0.05, 0) is 29.3 Å². The van der Waals surface area contributed by atoms with Gasteiger partial charge in [-0.2, -0.15) is 0 Å². The van der Waals surface area contributed by atoms with Gasteiger partial charge in [0.1, 0.15) is 0 Å². The first kappa shape index (κ1) is 10.4. The first-order chi connectivity index (χ1) is 8.75. The largest absolute Gasteiger partial charge is 0.343 e. The molecule has 18 heavy (non-hydrogen) atoms. The second-order valence-electron chi connectivity index (χ2n) is 4.88. The average molecular weight is 298 g/mol. The third-order valence-corrected chi connectivity index (χ3v) is 4.40. The number of nitrogens with zero attached hydrogens (tertiary/aromatic N) is 1. The van der Waals surface area contributed by atoms with Crippen molar-refractivity contribution in [1.29, 1.82) is 0 Å². The van der Waals surface area contributed by atoms with Crippen molar-refractivity contribution in [3.63, 3.8) is 0 Å². The predicted molar refractivity (Wildman–Crippen MR) is 78.9 cm³/mol. The molecule has 0 amide bonds. The number of halogens is 1. The Hall–Kier alpha value is -1.54. The molecule has 0 bridgehead atoms. The minimum absolute atomic E-state index is 1.05. The van der Waals surface area contributed by atoms with Crippen LogP contribution in [-0.4, -0.2) is 4.57 Å². The predicted octanol–water partition coefficient (Wildman–Crippen LogP) is 4.51. The molecule has 0 radical (unpaired) electrons. The van der Waals surface area contributed by atoms with Crippen LogP contribution < -0.4 is 0 Å². The second-order valence-corrected chi connectivity index (χ2v) is 5.80. The minimum Gasteiger partial charge on any atom is -0.343 e. The van der Waals surface area contributed by atoms with E-state index in [0.29, 0.717) is 0 Å². The molecule has 0 saturated heterocycles. The lowest BCUT2D eigenvalue weighted by atomic mass is 10.1. The van der Waals surface area contributed by atoms with Crippen LogP contribution in [0.15, 0.2) is 46.9 Å². The SMILES string of the molecule is Cn1c2c(c3cc(Br)ccc31)Cc1ccccc1-2. The monoisotopic (exact) mass is 297 g/mol. The third-order valence-electron chi connectivity index (χ3n) is 3.91. The molecule has 1 aliphatic carbocycles. The first-order valence-corrected chi connectivity index (χ1v) is 6.90. The lowest BCUT2D eigenvalue weighted by Gasteiger charge is -2.04. The summed E-state index contributed by atoms with van der Waals surface area (Å²) in [6.07, 6.45) is 1.05. The van der Waals surface area contributed by atoms with E-state index < -0.39 is 0 Å². The number of rotatable bonds is 0. The number of aryl methyl sites for hydroxylation is 1. The van der Waals surface area contributed by atoms with Crippen molar-refractivity contribution >= 4 is 26.8 Å². The summed E-state index contributed by atoms with van der Waals surface area (Å²) in [5, 5.41) is 1.37. The molecule has 2 heteroatoms. The van der Waals surface area contributed by atoms with Gasteiger partial charge in [0.15, 0.2) is 0 Å². The van der Waals surface area contributed by atoms with Gasteiger partial charge >= 0.3 is 0 Å². The van der Waals surface area contributed by atoms with Crippen LogP contribution in [0.5, 0.6) is 0 Å². The topological polar surface area (TPSA) is 4.93 Å². The summed E-state index contributed by atoms with van der Waals surface area (Å²) in [6, 6.07) is 15.3. The fourth-order valence-corrected chi connectivity index (χ4v) is 3.47. The number of benzene rings is 2. The number of hydrogen-bond acceptors (Lipinski definition) is 0. The molecule has 0 aliphatic heterocycles. The standard InChI is InChI=1S/C16H12BrN/c1-18-15-7-6-11(17)9-13(15)14-8-10-4-2-3-5-12(10)16(14)18/h2-7,9H,8H2,1H3. The van der Waals surface area contributed by atoms with Crippen molar-refractivity contribution in [2.45, 2.75) is 6.42 Å². The number of hydrogen-bond donors (Lipinski definition) is 0. The second kappa shape index (κ2) is 3.48. The highest BCUT2D eigenvalue weighted by Crippen LogP contribution is 2.42. The summed E-state index contributed by atoms with van der Waals surface area (Å²) in [5.74, 6) is 0. The average Bonchev–Trinajstić information content (AvgIpc) is 2.87. The van der Waals surface area contributed by atoms with E-state index in [1.807, 2.05) is 0 Å². The van der Waals surface area contributed by atoms with Gasteiger partial charge in [-0.15, -0.1) is 0 Å². The Bertz CT molecular complexity index is 783. The van der Waals surface area contributed by atoms with Gasteiger partial charge in [-0.25, -0.2) is 0 Å². The maximum atomic E-state index is 3.58. The van der Waals surface area contributed by atoms with Crippen LogP contribution in [-0.2, 0) is 13.5 Å². The molecule has 0 atom stereocenters. The van der Waals surface area contributed by atoms with Crippen molar-refractivity contribution in [2.24, 2.45) is 7.05 Å². The van der Waals surface area contributed by atoms with Gasteiger partial charge in [0.05, 0.1) is 5.69 Å². The van der Waals surface area contributed by atoms with Crippen molar-refractivity contribution < 1.29 is 0 Å². The zero-order valence-electron chi connectivity index (χ0n) is 10.1. The van der Waals surface area contributed by atoms with E-state index >= 15 is 0 Å². The molecular weight excluding hydrogens is 286 g/mol. The van der Waals surface area contributed by atoms with E-state index in [2.05, 4.69) is 70.0 Å². The summed E-state index contributed by atoms with van der Waals surface area (Å²) in [7, 11) is 2.16. The molecule has 4 rings (SSSR count). The maximum Gasteiger partial charge on any atom is 0.0527 e. The van der Waals surface area contributed by atoms with E-state index in [1.165, 1.54) is 33.3 Å². The van der Waals surface area contributed by atoms with Gasteiger partial charge in [0.2, 0.25) is 0 Å². The van der Waals surface area contributed by atoms with Gasteiger partial charge in [0, 0.05) is 34.4 Å². The molecule has 3 aromatic rings. The van der Waals surface area contributed by atoms with E-state index in [4.69, 9.17) is 0 Å². The highest BCUT2D eigenvalue weighted by molar-refractivity contribution is 9.10.